The van der Waals surface area contributed by atoms with Gasteiger partial charge in [-0.3, -0.25) is 9.80 Å². The zero-order valence-corrected chi connectivity index (χ0v) is 8.49. The highest BCUT2D eigenvalue weighted by atomic mass is 28.3. The highest BCUT2D eigenvalue weighted by Crippen LogP contribution is 2.03. The van der Waals surface area contributed by atoms with Gasteiger partial charge in [0.05, 0.1) is 6.67 Å². The Morgan fingerprint density at radius 3 is 2.75 bits per heavy atom. The van der Waals surface area contributed by atoms with E-state index < -0.39 is 8.93 Å². The molecule has 12 heavy (non-hydrogen) atoms. The van der Waals surface area contributed by atoms with Crippen LogP contribution in [0.4, 0.5) is 0 Å². The van der Waals surface area contributed by atoms with E-state index >= 15 is 0 Å². The van der Waals surface area contributed by atoms with Crippen molar-refractivity contribution in [2.45, 2.75) is 12.5 Å². The van der Waals surface area contributed by atoms with Crippen LogP contribution >= 0.6 is 0 Å². The Bertz CT molecular complexity index is 165. The number of hydrogen-bond donors (Lipinski definition) is 1. The van der Waals surface area contributed by atoms with E-state index in [1.165, 1.54) is 0 Å². The van der Waals surface area contributed by atoms with Crippen molar-refractivity contribution in [1.29, 1.82) is 0 Å². The van der Waals surface area contributed by atoms with Crippen molar-refractivity contribution in [2.24, 2.45) is 0 Å². The summed E-state index contributed by atoms with van der Waals surface area (Å²) in [6.45, 7) is 4.19. The molecule has 4 nitrogen and oxygen atoms in total. The molecule has 0 amide bonds. The van der Waals surface area contributed by atoms with Crippen LogP contribution in [0.25, 0.3) is 0 Å². The molecule has 0 aromatic rings. The van der Waals surface area contributed by atoms with E-state index in [-0.39, 0.29) is 0 Å². The standard InChI is InChI=1S/C7H16N2O2Si/c1-8-4-5-9(7-8)3-2-6-12(10)11/h10H,2-7H2,1H3. The summed E-state index contributed by atoms with van der Waals surface area (Å²) in [4.78, 5) is 13.2. The van der Waals surface area contributed by atoms with Crippen LogP contribution in [0, 0.1) is 0 Å². The Morgan fingerprint density at radius 2 is 2.25 bits per heavy atom. The van der Waals surface area contributed by atoms with E-state index in [0.717, 1.165) is 32.7 Å². The molecule has 0 saturated carbocycles. The van der Waals surface area contributed by atoms with Gasteiger partial charge in [0.25, 0.3) is 0 Å². The number of hydrogen-bond acceptors (Lipinski definition) is 3. The molecule has 1 aliphatic heterocycles. The summed E-state index contributed by atoms with van der Waals surface area (Å²) in [6.07, 6.45) is 0.849. The predicted octanol–water partition coefficient (Wildman–Crippen LogP) is -0.508. The van der Waals surface area contributed by atoms with Gasteiger partial charge in [0.1, 0.15) is 0 Å². The molecule has 1 saturated heterocycles. The SMILES string of the molecule is CN1CCN(CCC[Si](=O)O)C1. The molecule has 0 unspecified atom stereocenters. The topological polar surface area (TPSA) is 43.8 Å². The lowest BCUT2D eigenvalue weighted by Crippen LogP contribution is -2.24. The van der Waals surface area contributed by atoms with Crippen LogP contribution in [0.15, 0.2) is 0 Å². The first kappa shape index (κ1) is 9.82. The van der Waals surface area contributed by atoms with Crippen molar-refractivity contribution in [3.8, 4) is 0 Å². The molecule has 1 aliphatic rings. The average molecular weight is 188 g/mol. The van der Waals surface area contributed by atoms with E-state index in [0.29, 0.717) is 6.04 Å². The lowest BCUT2D eigenvalue weighted by Gasteiger charge is -2.13. The van der Waals surface area contributed by atoms with Crippen molar-refractivity contribution in [3.63, 3.8) is 0 Å². The van der Waals surface area contributed by atoms with Crippen molar-refractivity contribution in [3.05, 3.63) is 0 Å². The molecule has 0 aromatic heterocycles. The minimum absolute atomic E-state index is 0.477. The molecule has 1 fully saturated rings. The molecule has 5 heteroatoms. The Labute approximate surface area is 74.6 Å². The van der Waals surface area contributed by atoms with Gasteiger partial charge in [-0.2, -0.15) is 0 Å². The van der Waals surface area contributed by atoms with Crippen LogP contribution in [0.5, 0.6) is 0 Å². The lowest BCUT2D eigenvalue weighted by molar-refractivity contribution is 0.273. The summed E-state index contributed by atoms with van der Waals surface area (Å²) >= 11 is 0. The normalized spacial score (nSPS) is 20.1. The lowest BCUT2D eigenvalue weighted by atomic mass is 10.4. The first-order valence-corrected chi connectivity index (χ1v) is 5.87. The average Bonchev–Trinajstić information content (AvgIpc) is 2.35. The summed E-state index contributed by atoms with van der Waals surface area (Å²) in [5.41, 5.74) is 0. The van der Waals surface area contributed by atoms with Crippen LogP contribution in [0.2, 0.25) is 6.04 Å². The summed E-state index contributed by atoms with van der Waals surface area (Å²) in [5, 5.41) is 0. The maximum atomic E-state index is 10.4. The van der Waals surface area contributed by atoms with Gasteiger partial charge in [0, 0.05) is 19.1 Å². The van der Waals surface area contributed by atoms with Crippen molar-refractivity contribution < 1.29 is 9.26 Å². The monoisotopic (exact) mass is 188 g/mol. The van der Waals surface area contributed by atoms with Crippen molar-refractivity contribution in [1.82, 2.24) is 9.80 Å². The second-order valence-corrected chi connectivity index (χ2v) is 4.62. The van der Waals surface area contributed by atoms with Gasteiger partial charge in [-0.15, -0.1) is 0 Å². The molecular formula is C7H16N2O2Si. The zero-order chi connectivity index (χ0) is 8.97. The quantitative estimate of drug-likeness (QED) is 0.604. The molecule has 0 bridgehead atoms. The van der Waals surface area contributed by atoms with Gasteiger partial charge >= 0.3 is 8.93 Å². The second kappa shape index (κ2) is 4.69. The molecule has 70 valence electrons. The van der Waals surface area contributed by atoms with E-state index in [1.807, 2.05) is 0 Å². The van der Waals surface area contributed by atoms with Crippen molar-refractivity contribution in [2.75, 3.05) is 33.4 Å². The molecule has 0 radical (unpaired) electrons. The molecule has 0 aromatic carbocycles. The van der Waals surface area contributed by atoms with Gasteiger partial charge in [0.2, 0.25) is 0 Å². The third kappa shape index (κ3) is 3.42. The summed E-state index contributed by atoms with van der Waals surface area (Å²) in [7, 11) is -0.137. The third-order valence-electron chi connectivity index (χ3n) is 2.10. The Morgan fingerprint density at radius 1 is 1.50 bits per heavy atom. The molecule has 1 rings (SSSR count). The van der Waals surface area contributed by atoms with Gasteiger partial charge in [-0.1, -0.05) is 0 Å². The van der Waals surface area contributed by atoms with Gasteiger partial charge in [0.15, 0.2) is 0 Å². The van der Waals surface area contributed by atoms with Crippen LogP contribution in [-0.4, -0.2) is 56.9 Å². The molecule has 0 spiro atoms. The first-order chi connectivity index (χ1) is 5.68. The van der Waals surface area contributed by atoms with Crippen LogP contribution < -0.4 is 0 Å². The van der Waals surface area contributed by atoms with Crippen molar-refractivity contribution >= 4 is 8.93 Å². The highest BCUT2D eigenvalue weighted by Gasteiger charge is 2.15. The summed E-state index contributed by atoms with van der Waals surface area (Å²) in [6, 6.07) is 0.477. The maximum Gasteiger partial charge on any atom is 0.500 e. The largest absolute Gasteiger partial charge is 0.540 e. The number of likely N-dealkylation sites (N-methyl/N-ethyl adjacent to an activating group) is 1. The second-order valence-electron chi connectivity index (χ2n) is 3.34. The summed E-state index contributed by atoms with van der Waals surface area (Å²) in [5.74, 6) is 0. The Balaban J connectivity index is 2.04. The van der Waals surface area contributed by atoms with Crippen LogP contribution in [0.1, 0.15) is 6.42 Å². The molecule has 0 atom stereocenters. The van der Waals surface area contributed by atoms with Crippen LogP contribution in [0.3, 0.4) is 0 Å². The molecule has 1 heterocycles. The van der Waals surface area contributed by atoms with E-state index in [9.17, 15) is 4.46 Å². The number of nitrogens with zero attached hydrogens (tertiary/aromatic N) is 2. The van der Waals surface area contributed by atoms with E-state index in [4.69, 9.17) is 4.80 Å². The Hall–Kier alpha value is -0.263. The maximum absolute atomic E-state index is 10.4. The first-order valence-electron chi connectivity index (χ1n) is 4.31. The molecule has 0 aliphatic carbocycles. The predicted molar refractivity (Wildman–Crippen MR) is 47.2 cm³/mol. The van der Waals surface area contributed by atoms with Crippen LogP contribution in [-0.2, 0) is 4.46 Å². The van der Waals surface area contributed by atoms with Gasteiger partial charge in [-0.05, 0) is 20.0 Å². The minimum atomic E-state index is -2.23. The fraction of sp³-hybridized carbons (Fsp3) is 1.00. The number of rotatable bonds is 4. The van der Waals surface area contributed by atoms with Gasteiger partial charge in [-0.25, -0.2) is 0 Å². The highest BCUT2D eigenvalue weighted by molar-refractivity contribution is 6.32. The Kier molecular flexibility index (Phi) is 3.84. The third-order valence-corrected chi connectivity index (χ3v) is 2.89. The fourth-order valence-corrected chi connectivity index (χ4v) is 1.89. The molecular weight excluding hydrogens is 172 g/mol. The molecule has 1 N–H and O–H groups in total. The van der Waals surface area contributed by atoms with E-state index in [1.54, 1.807) is 0 Å². The van der Waals surface area contributed by atoms with E-state index in [2.05, 4.69) is 16.8 Å². The summed E-state index contributed by atoms with van der Waals surface area (Å²) < 4.78 is 10.4. The fourth-order valence-electron chi connectivity index (χ4n) is 1.43. The van der Waals surface area contributed by atoms with Gasteiger partial charge < -0.3 is 9.26 Å². The smallest absolute Gasteiger partial charge is 0.500 e. The minimum Gasteiger partial charge on any atom is -0.540 e. The zero-order valence-electron chi connectivity index (χ0n) is 7.49.